The molecule has 0 aromatic carbocycles. The van der Waals surface area contributed by atoms with Gasteiger partial charge < -0.3 is 14.2 Å². The molecule has 0 saturated carbocycles. The van der Waals surface area contributed by atoms with Crippen LogP contribution in [0.15, 0.2) is 0 Å². The Bertz CT molecular complexity index is 244. The summed E-state index contributed by atoms with van der Waals surface area (Å²) in [5, 5.41) is 0. The van der Waals surface area contributed by atoms with E-state index >= 15 is 0 Å². The molecule has 0 aromatic heterocycles. The topological polar surface area (TPSA) is 65.7 Å². The molecule has 3 N–H and O–H groups in total. The van der Waals surface area contributed by atoms with Crippen LogP contribution in [0.5, 0.6) is 0 Å². The van der Waals surface area contributed by atoms with Crippen LogP contribution in [0.25, 0.3) is 0 Å². The summed E-state index contributed by atoms with van der Waals surface area (Å²) >= 11 is 0. The van der Waals surface area contributed by atoms with Crippen LogP contribution in [-0.4, -0.2) is 45.2 Å². The van der Waals surface area contributed by atoms with Crippen molar-refractivity contribution < 1.29 is 14.2 Å². The molecule has 2 fully saturated rings. The molecule has 3 atom stereocenters. The van der Waals surface area contributed by atoms with E-state index in [2.05, 4.69) is 5.43 Å². The molecule has 0 amide bonds. The van der Waals surface area contributed by atoms with Crippen LogP contribution in [0, 0.1) is 5.92 Å². The summed E-state index contributed by atoms with van der Waals surface area (Å²) in [5.74, 6) is 6.30. The molecular weight excluding hydrogens is 232 g/mol. The molecule has 2 heterocycles. The van der Waals surface area contributed by atoms with Gasteiger partial charge in [0.15, 0.2) is 0 Å². The second-order valence-electron chi connectivity index (χ2n) is 5.50. The number of rotatable bonds is 6. The van der Waals surface area contributed by atoms with E-state index in [1.807, 2.05) is 0 Å². The second-order valence-corrected chi connectivity index (χ2v) is 5.50. The first kappa shape index (κ1) is 14.2. The lowest BCUT2D eigenvalue weighted by Crippen LogP contribution is -2.49. The van der Waals surface area contributed by atoms with Gasteiger partial charge in [-0.1, -0.05) is 0 Å². The standard InChI is InChI=1S/C13H26N2O3/c1-16-6-2-3-12(15-14)11-4-7-18-13(9-11)5-8-17-10-13/h11-12,15H,2-10,14H2,1H3. The van der Waals surface area contributed by atoms with Crippen LogP contribution >= 0.6 is 0 Å². The van der Waals surface area contributed by atoms with Crippen molar-refractivity contribution >= 4 is 0 Å². The second kappa shape index (κ2) is 6.82. The fourth-order valence-corrected chi connectivity index (χ4v) is 3.18. The molecule has 2 saturated heterocycles. The third-order valence-electron chi connectivity index (χ3n) is 4.24. The third-order valence-corrected chi connectivity index (χ3v) is 4.24. The highest BCUT2D eigenvalue weighted by Crippen LogP contribution is 2.37. The summed E-state index contributed by atoms with van der Waals surface area (Å²) in [5.41, 5.74) is 2.96. The summed E-state index contributed by atoms with van der Waals surface area (Å²) in [6.45, 7) is 3.21. The average molecular weight is 258 g/mol. The van der Waals surface area contributed by atoms with E-state index in [0.717, 1.165) is 58.5 Å². The molecule has 2 rings (SSSR count). The lowest BCUT2D eigenvalue weighted by Gasteiger charge is -2.40. The van der Waals surface area contributed by atoms with E-state index in [-0.39, 0.29) is 5.60 Å². The van der Waals surface area contributed by atoms with Crippen molar-refractivity contribution in [3.05, 3.63) is 0 Å². The molecular formula is C13H26N2O3. The fraction of sp³-hybridized carbons (Fsp3) is 1.00. The Balaban J connectivity index is 1.85. The Morgan fingerprint density at radius 2 is 2.39 bits per heavy atom. The maximum atomic E-state index is 5.96. The monoisotopic (exact) mass is 258 g/mol. The Labute approximate surface area is 109 Å². The number of methoxy groups -OCH3 is 1. The molecule has 2 aliphatic rings. The van der Waals surface area contributed by atoms with Gasteiger partial charge in [0.05, 0.1) is 12.2 Å². The van der Waals surface area contributed by atoms with E-state index in [4.69, 9.17) is 20.1 Å². The molecule has 0 radical (unpaired) electrons. The maximum Gasteiger partial charge on any atom is 0.0939 e. The molecule has 3 unspecified atom stereocenters. The minimum atomic E-state index is -0.0285. The number of ether oxygens (including phenoxy) is 3. The van der Waals surface area contributed by atoms with Gasteiger partial charge in [0.1, 0.15) is 0 Å². The number of hydrogen-bond acceptors (Lipinski definition) is 5. The normalized spacial score (nSPS) is 34.0. The first-order chi connectivity index (χ1) is 8.79. The van der Waals surface area contributed by atoms with Gasteiger partial charge in [0.2, 0.25) is 0 Å². The van der Waals surface area contributed by atoms with Crippen LogP contribution in [0.4, 0.5) is 0 Å². The van der Waals surface area contributed by atoms with E-state index < -0.39 is 0 Å². The van der Waals surface area contributed by atoms with Gasteiger partial charge in [-0.3, -0.25) is 11.3 Å². The van der Waals surface area contributed by atoms with Crippen LogP contribution in [0.1, 0.15) is 32.1 Å². The van der Waals surface area contributed by atoms with Crippen LogP contribution in [0.3, 0.4) is 0 Å². The van der Waals surface area contributed by atoms with Crippen molar-refractivity contribution in [2.45, 2.75) is 43.7 Å². The molecule has 0 bridgehead atoms. The molecule has 0 aromatic rings. The lowest BCUT2D eigenvalue weighted by molar-refractivity contribution is -0.103. The van der Waals surface area contributed by atoms with Gasteiger partial charge >= 0.3 is 0 Å². The SMILES string of the molecule is COCCCC(NN)C1CCOC2(CCOC2)C1. The van der Waals surface area contributed by atoms with Crippen molar-refractivity contribution in [3.8, 4) is 0 Å². The molecule has 5 nitrogen and oxygen atoms in total. The van der Waals surface area contributed by atoms with E-state index in [0.29, 0.717) is 12.0 Å². The van der Waals surface area contributed by atoms with E-state index in [9.17, 15) is 0 Å². The lowest BCUT2D eigenvalue weighted by atomic mass is 9.80. The number of nitrogens with one attached hydrogen (secondary N) is 1. The summed E-state index contributed by atoms with van der Waals surface area (Å²) < 4.78 is 16.6. The maximum absolute atomic E-state index is 5.96. The minimum absolute atomic E-state index is 0.0285. The van der Waals surface area contributed by atoms with Crippen molar-refractivity contribution in [2.75, 3.05) is 33.5 Å². The fourth-order valence-electron chi connectivity index (χ4n) is 3.18. The summed E-state index contributed by atoms with van der Waals surface area (Å²) in [6.07, 6.45) is 5.29. The van der Waals surface area contributed by atoms with Gasteiger partial charge in [-0.05, 0) is 31.6 Å². The average Bonchev–Trinajstić information content (AvgIpc) is 2.83. The summed E-state index contributed by atoms with van der Waals surface area (Å²) in [6, 6.07) is 0.363. The van der Waals surface area contributed by atoms with Crippen molar-refractivity contribution in [1.82, 2.24) is 5.43 Å². The Morgan fingerprint density at radius 3 is 3.06 bits per heavy atom. The van der Waals surface area contributed by atoms with E-state index in [1.165, 1.54) is 0 Å². The predicted molar refractivity (Wildman–Crippen MR) is 69.1 cm³/mol. The molecule has 106 valence electrons. The van der Waals surface area contributed by atoms with Gasteiger partial charge in [0, 0.05) is 39.4 Å². The van der Waals surface area contributed by atoms with Gasteiger partial charge in [-0.25, -0.2) is 0 Å². The van der Waals surface area contributed by atoms with Crippen molar-refractivity contribution in [3.63, 3.8) is 0 Å². The minimum Gasteiger partial charge on any atom is -0.385 e. The van der Waals surface area contributed by atoms with Crippen LogP contribution < -0.4 is 11.3 Å². The van der Waals surface area contributed by atoms with Crippen molar-refractivity contribution in [1.29, 1.82) is 0 Å². The Morgan fingerprint density at radius 1 is 1.50 bits per heavy atom. The van der Waals surface area contributed by atoms with E-state index in [1.54, 1.807) is 7.11 Å². The van der Waals surface area contributed by atoms with Crippen LogP contribution in [-0.2, 0) is 14.2 Å². The predicted octanol–water partition coefficient (Wildman–Crippen LogP) is 0.831. The highest BCUT2D eigenvalue weighted by atomic mass is 16.6. The molecule has 18 heavy (non-hydrogen) atoms. The molecule has 5 heteroatoms. The van der Waals surface area contributed by atoms with Gasteiger partial charge in [-0.2, -0.15) is 0 Å². The Kier molecular flexibility index (Phi) is 5.38. The highest BCUT2D eigenvalue weighted by Gasteiger charge is 2.42. The molecule has 0 aliphatic carbocycles. The number of hydrogen-bond donors (Lipinski definition) is 2. The third kappa shape index (κ3) is 3.42. The first-order valence-electron chi connectivity index (χ1n) is 6.96. The Hall–Kier alpha value is -0.200. The first-order valence-corrected chi connectivity index (χ1v) is 6.96. The zero-order chi connectivity index (χ0) is 12.8. The molecule has 1 spiro atoms. The zero-order valence-corrected chi connectivity index (χ0v) is 11.3. The van der Waals surface area contributed by atoms with Gasteiger partial charge in [-0.15, -0.1) is 0 Å². The van der Waals surface area contributed by atoms with Gasteiger partial charge in [0.25, 0.3) is 0 Å². The zero-order valence-electron chi connectivity index (χ0n) is 11.3. The molecule has 2 aliphatic heterocycles. The summed E-state index contributed by atoms with van der Waals surface area (Å²) in [4.78, 5) is 0. The largest absolute Gasteiger partial charge is 0.385 e. The quantitative estimate of drug-likeness (QED) is 0.420. The highest BCUT2D eigenvalue weighted by molar-refractivity contribution is 4.93. The smallest absolute Gasteiger partial charge is 0.0939 e. The number of nitrogens with two attached hydrogens (primary N) is 1. The van der Waals surface area contributed by atoms with Crippen molar-refractivity contribution in [2.24, 2.45) is 11.8 Å². The number of hydrazine groups is 1. The summed E-state index contributed by atoms with van der Waals surface area (Å²) in [7, 11) is 1.74. The van der Waals surface area contributed by atoms with Crippen LogP contribution in [0.2, 0.25) is 0 Å².